The normalized spacial score (nSPS) is 17.8. The number of carbonyl (C=O) groups is 2. The molecule has 1 atom stereocenters. The smallest absolute Gasteiger partial charge is 0.251 e. The zero-order valence-corrected chi connectivity index (χ0v) is 12.8. The van der Waals surface area contributed by atoms with E-state index in [4.69, 9.17) is 0 Å². The molecule has 1 aliphatic heterocycles. The summed E-state index contributed by atoms with van der Waals surface area (Å²) in [5.74, 6) is -0.761. The maximum Gasteiger partial charge on any atom is 0.251 e. The first-order valence-electron chi connectivity index (χ1n) is 7.46. The number of aryl methyl sites for hydroxylation is 1. The summed E-state index contributed by atoms with van der Waals surface area (Å²) in [4.78, 5) is 25.8. The number of hydrogen-bond donors (Lipinski definition) is 1. The van der Waals surface area contributed by atoms with E-state index in [-0.39, 0.29) is 24.1 Å². The summed E-state index contributed by atoms with van der Waals surface area (Å²) in [5, 5.41) is 3.07. The molecule has 2 aromatic carbocycles. The Labute approximate surface area is 133 Å². The Bertz CT molecular complexity index is 726. The van der Waals surface area contributed by atoms with Gasteiger partial charge in [0.25, 0.3) is 5.91 Å². The molecule has 0 spiro atoms. The summed E-state index contributed by atoms with van der Waals surface area (Å²) in [5.41, 5.74) is 2.52. The van der Waals surface area contributed by atoms with Gasteiger partial charge in [0.05, 0.1) is 18.2 Å². The molecule has 2 amide bonds. The number of halogens is 1. The van der Waals surface area contributed by atoms with Crippen molar-refractivity contribution >= 4 is 17.5 Å². The van der Waals surface area contributed by atoms with Gasteiger partial charge in [0.1, 0.15) is 5.82 Å². The van der Waals surface area contributed by atoms with Gasteiger partial charge < -0.3 is 5.32 Å². The highest BCUT2D eigenvalue weighted by molar-refractivity contribution is 6.22. The van der Waals surface area contributed by atoms with Crippen molar-refractivity contribution in [2.75, 3.05) is 4.90 Å². The van der Waals surface area contributed by atoms with Crippen LogP contribution in [0.25, 0.3) is 0 Å². The maximum atomic E-state index is 12.9. The average molecular weight is 312 g/mol. The summed E-state index contributed by atoms with van der Waals surface area (Å²) in [6.45, 7) is 2.36. The molecule has 1 saturated heterocycles. The minimum Gasteiger partial charge on any atom is -0.301 e. The Balaban J connectivity index is 1.68. The van der Waals surface area contributed by atoms with Crippen LogP contribution in [0.5, 0.6) is 0 Å². The number of imide groups is 1. The molecule has 0 bridgehead atoms. The minimum atomic E-state index is -0.547. The largest absolute Gasteiger partial charge is 0.301 e. The molecule has 1 N–H and O–H groups in total. The Hall–Kier alpha value is -2.53. The van der Waals surface area contributed by atoms with Crippen LogP contribution in [0.15, 0.2) is 48.5 Å². The molecular weight excluding hydrogens is 295 g/mol. The number of benzene rings is 2. The van der Waals surface area contributed by atoms with E-state index in [0.717, 1.165) is 11.1 Å². The summed E-state index contributed by atoms with van der Waals surface area (Å²) >= 11 is 0. The Morgan fingerprint density at radius 1 is 1.09 bits per heavy atom. The molecule has 4 nitrogen and oxygen atoms in total. The Morgan fingerprint density at radius 2 is 1.74 bits per heavy atom. The van der Waals surface area contributed by atoms with E-state index in [1.165, 1.54) is 17.0 Å². The Kier molecular flexibility index (Phi) is 4.21. The van der Waals surface area contributed by atoms with Gasteiger partial charge in [-0.1, -0.05) is 29.8 Å². The van der Waals surface area contributed by atoms with Crippen LogP contribution < -0.4 is 10.2 Å². The second kappa shape index (κ2) is 6.30. The predicted octanol–water partition coefficient (Wildman–Crippen LogP) is 2.56. The molecule has 1 aliphatic rings. The minimum absolute atomic E-state index is 0.133. The van der Waals surface area contributed by atoms with Gasteiger partial charge in [0, 0.05) is 6.54 Å². The summed E-state index contributed by atoms with van der Waals surface area (Å²) in [6, 6.07) is 12.8. The molecule has 1 heterocycles. The molecular formula is C18H17FN2O2. The van der Waals surface area contributed by atoms with Crippen LogP contribution in [0.2, 0.25) is 0 Å². The van der Waals surface area contributed by atoms with Crippen molar-refractivity contribution in [2.45, 2.75) is 25.9 Å². The molecule has 23 heavy (non-hydrogen) atoms. The average Bonchev–Trinajstić information content (AvgIpc) is 2.82. The van der Waals surface area contributed by atoms with Gasteiger partial charge in [0.2, 0.25) is 5.91 Å². The van der Waals surface area contributed by atoms with E-state index < -0.39 is 6.04 Å². The van der Waals surface area contributed by atoms with E-state index in [9.17, 15) is 14.0 Å². The summed E-state index contributed by atoms with van der Waals surface area (Å²) in [6.07, 6.45) is 0.133. The predicted molar refractivity (Wildman–Crippen MR) is 85.3 cm³/mol. The first-order chi connectivity index (χ1) is 11.0. The van der Waals surface area contributed by atoms with Gasteiger partial charge in [-0.25, -0.2) is 9.29 Å². The fourth-order valence-corrected chi connectivity index (χ4v) is 2.60. The first-order valence-corrected chi connectivity index (χ1v) is 7.46. The standard InChI is InChI=1S/C18H17FN2O2/c1-12-2-8-15(9-3-12)21-17(22)10-16(18(21)23)20-11-13-4-6-14(19)7-5-13/h2-9,16,20H,10-11H2,1H3/t16-/m1/s1. The third kappa shape index (κ3) is 3.29. The van der Waals surface area contributed by atoms with Crippen LogP contribution in [0.4, 0.5) is 10.1 Å². The van der Waals surface area contributed by atoms with Crippen LogP contribution in [-0.4, -0.2) is 17.9 Å². The number of hydrogen-bond acceptors (Lipinski definition) is 3. The number of carbonyl (C=O) groups excluding carboxylic acids is 2. The van der Waals surface area contributed by atoms with Crippen molar-refractivity contribution in [1.82, 2.24) is 5.32 Å². The van der Waals surface area contributed by atoms with Gasteiger partial charge in [-0.15, -0.1) is 0 Å². The SMILES string of the molecule is Cc1ccc(N2C(=O)C[C@@H](NCc3ccc(F)cc3)C2=O)cc1. The van der Waals surface area contributed by atoms with Crippen LogP contribution >= 0.6 is 0 Å². The lowest BCUT2D eigenvalue weighted by Crippen LogP contribution is -2.38. The number of anilines is 1. The number of amides is 2. The second-order valence-corrected chi connectivity index (χ2v) is 5.67. The van der Waals surface area contributed by atoms with Crippen molar-refractivity contribution in [3.8, 4) is 0 Å². The molecule has 5 heteroatoms. The van der Waals surface area contributed by atoms with E-state index in [1.54, 1.807) is 24.3 Å². The fourth-order valence-electron chi connectivity index (χ4n) is 2.60. The third-order valence-corrected chi connectivity index (χ3v) is 3.90. The highest BCUT2D eigenvalue weighted by atomic mass is 19.1. The maximum absolute atomic E-state index is 12.9. The lowest BCUT2D eigenvalue weighted by Gasteiger charge is -2.15. The monoisotopic (exact) mass is 312 g/mol. The molecule has 3 rings (SSSR count). The molecule has 0 saturated carbocycles. The quantitative estimate of drug-likeness (QED) is 0.883. The van der Waals surface area contributed by atoms with Crippen molar-refractivity contribution < 1.29 is 14.0 Å². The molecule has 118 valence electrons. The van der Waals surface area contributed by atoms with Crippen LogP contribution in [0.3, 0.4) is 0 Å². The zero-order chi connectivity index (χ0) is 16.4. The molecule has 0 radical (unpaired) electrons. The van der Waals surface area contributed by atoms with Gasteiger partial charge >= 0.3 is 0 Å². The lowest BCUT2D eigenvalue weighted by atomic mass is 10.2. The highest BCUT2D eigenvalue weighted by Crippen LogP contribution is 2.23. The lowest BCUT2D eigenvalue weighted by molar-refractivity contribution is -0.121. The first kappa shape index (κ1) is 15.4. The molecule has 0 unspecified atom stereocenters. The topological polar surface area (TPSA) is 49.4 Å². The van der Waals surface area contributed by atoms with Crippen LogP contribution in [0, 0.1) is 12.7 Å². The third-order valence-electron chi connectivity index (χ3n) is 3.90. The van der Waals surface area contributed by atoms with Crippen molar-refractivity contribution in [1.29, 1.82) is 0 Å². The summed E-state index contributed by atoms with van der Waals surface area (Å²) < 4.78 is 12.9. The van der Waals surface area contributed by atoms with E-state index >= 15 is 0 Å². The number of rotatable bonds is 4. The van der Waals surface area contributed by atoms with Crippen LogP contribution in [0.1, 0.15) is 17.5 Å². The Morgan fingerprint density at radius 3 is 2.39 bits per heavy atom. The van der Waals surface area contributed by atoms with Crippen LogP contribution in [-0.2, 0) is 16.1 Å². The van der Waals surface area contributed by atoms with Gasteiger partial charge in [0.15, 0.2) is 0 Å². The number of nitrogens with one attached hydrogen (secondary N) is 1. The van der Waals surface area contributed by atoms with E-state index in [2.05, 4.69) is 5.32 Å². The zero-order valence-electron chi connectivity index (χ0n) is 12.8. The fraction of sp³-hybridized carbons (Fsp3) is 0.222. The molecule has 1 fully saturated rings. The molecule has 2 aromatic rings. The highest BCUT2D eigenvalue weighted by Gasteiger charge is 2.39. The van der Waals surface area contributed by atoms with Crippen molar-refractivity contribution in [2.24, 2.45) is 0 Å². The van der Waals surface area contributed by atoms with Crippen molar-refractivity contribution in [3.63, 3.8) is 0 Å². The molecule has 0 aromatic heterocycles. The van der Waals surface area contributed by atoms with E-state index in [1.807, 2.05) is 19.1 Å². The van der Waals surface area contributed by atoms with Gasteiger partial charge in [-0.2, -0.15) is 0 Å². The second-order valence-electron chi connectivity index (χ2n) is 5.67. The van der Waals surface area contributed by atoms with Gasteiger partial charge in [-0.3, -0.25) is 9.59 Å². The molecule has 0 aliphatic carbocycles. The van der Waals surface area contributed by atoms with Crippen molar-refractivity contribution in [3.05, 3.63) is 65.5 Å². The summed E-state index contributed by atoms with van der Waals surface area (Å²) in [7, 11) is 0. The van der Waals surface area contributed by atoms with Gasteiger partial charge in [-0.05, 0) is 36.8 Å². The van der Waals surface area contributed by atoms with E-state index in [0.29, 0.717) is 12.2 Å². The number of nitrogens with zero attached hydrogens (tertiary/aromatic N) is 1.